The van der Waals surface area contributed by atoms with Gasteiger partial charge in [0.2, 0.25) is 5.91 Å². The highest BCUT2D eigenvalue weighted by atomic mass is 16.1. The summed E-state index contributed by atoms with van der Waals surface area (Å²) in [5.41, 5.74) is 6.72. The van der Waals surface area contributed by atoms with E-state index in [1.54, 1.807) is 13.0 Å². The van der Waals surface area contributed by atoms with Gasteiger partial charge in [0, 0.05) is 17.8 Å². The van der Waals surface area contributed by atoms with Crippen molar-refractivity contribution in [1.82, 2.24) is 5.32 Å². The molecule has 0 heterocycles. The van der Waals surface area contributed by atoms with Gasteiger partial charge in [0.25, 0.3) is 0 Å². The molecule has 0 bridgehead atoms. The number of carbonyl (C=O) groups excluding carboxylic acids is 1. The van der Waals surface area contributed by atoms with Crippen LogP contribution in [0.2, 0.25) is 0 Å². The second-order valence-corrected chi connectivity index (χ2v) is 2.89. The number of nitrogens with one attached hydrogen (secondary N) is 1. The summed E-state index contributed by atoms with van der Waals surface area (Å²) < 4.78 is 0. The van der Waals surface area contributed by atoms with Crippen molar-refractivity contribution in [3.05, 3.63) is 23.9 Å². The van der Waals surface area contributed by atoms with E-state index in [4.69, 9.17) is 5.73 Å². The van der Waals surface area contributed by atoms with Gasteiger partial charge in [-0.2, -0.15) is 0 Å². The van der Waals surface area contributed by atoms with Gasteiger partial charge in [-0.1, -0.05) is 19.4 Å². The molecule has 0 fully saturated rings. The molecule has 0 saturated carbocycles. The van der Waals surface area contributed by atoms with E-state index in [9.17, 15) is 4.79 Å². The highest BCUT2D eigenvalue weighted by Gasteiger charge is 2.05. The molecule has 0 aliphatic carbocycles. The number of hydrogen-bond donors (Lipinski definition) is 2. The second kappa shape index (κ2) is 6.29. The summed E-state index contributed by atoms with van der Waals surface area (Å²) in [7, 11) is 0. The second-order valence-electron chi connectivity index (χ2n) is 2.89. The number of nitrogens with two attached hydrogens (primary N) is 1. The lowest BCUT2D eigenvalue weighted by Crippen LogP contribution is -2.21. The zero-order valence-electron chi connectivity index (χ0n) is 8.39. The van der Waals surface area contributed by atoms with Crippen molar-refractivity contribution >= 4 is 5.91 Å². The molecule has 0 spiro atoms. The molecule has 0 aromatic rings. The van der Waals surface area contributed by atoms with Gasteiger partial charge in [-0.05, 0) is 13.3 Å². The molecule has 74 valence electrons. The van der Waals surface area contributed by atoms with E-state index < -0.39 is 0 Å². The van der Waals surface area contributed by atoms with Crippen LogP contribution in [0.15, 0.2) is 23.9 Å². The van der Waals surface area contributed by atoms with Crippen molar-refractivity contribution in [2.75, 3.05) is 6.54 Å². The number of carbonyl (C=O) groups is 1. The Hall–Kier alpha value is -1.25. The van der Waals surface area contributed by atoms with Crippen LogP contribution >= 0.6 is 0 Å². The third-order valence-electron chi connectivity index (χ3n) is 1.78. The number of hydrogen-bond acceptors (Lipinski definition) is 2. The molecule has 0 aliphatic rings. The van der Waals surface area contributed by atoms with E-state index in [0.29, 0.717) is 12.1 Å². The first-order chi connectivity index (χ1) is 6.13. The van der Waals surface area contributed by atoms with Crippen LogP contribution in [0.1, 0.15) is 26.7 Å². The zero-order chi connectivity index (χ0) is 10.3. The molecule has 13 heavy (non-hydrogen) atoms. The lowest BCUT2D eigenvalue weighted by molar-refractivity contribution is -0.114. The molecule has 0 radical (unpaired) electrons. The Morgan fingerprint density at radius 1 is 1.62 bits per heavy atom. The number of rotatable bonds is 6. The van der Waals surface area contributed by atoms with Crippen LogP contribution in [-0.4, -0.2) is 12.5 Å². The quantitative estimate of drug-likeness (QED) is 0.481. The molecule has 3 heteroatoms. The van der Waals surface area contributed by atoms with E-state index in [1.165, 1.54) is 0 Å². The monoisotopic (exact) mass is 182 g/mol. The van der Waals surface area contributed by atoms with Crippen LogP contribution in [0.25, 0.3) is 0 Å². The van der Waals surface area contributed by atoms with Gasteiger partial charge in [-0.25, -0.2) is 0 Å². The summed E-state index contributed by atoms with van der Waals surface area (Å²) in [5, 5.41) is 3.11. The fourth-order valence-electron chi connectivity index (χ4n) is 1.00. The van der Waals surface area contributed by atoms with Gasteiger partial charge < -0.3 is 11.1 Å². The van der Waals surface area contributed by atoms with E-state index in [-0.39, 0.29) is 5.91 Å². The highest BCUT2D eigenvalue weighted by molar-refractivity contribution is 5.91. The van der Waals surface area contributed by atoms with E-state index >= 15 is 0 Å². The average Bonchev–Trinajstić information content (AvgIpc) is 2.11. The SMILES string of the molecule is C=CCN/C(CCC)=C(\C)C(N)=O. The summed E-state index contributed by atoms with van der Waals surface area (Å²) >= 11 is 0. The van der Waals surface area contributed by atoms with Crippen molar-refractivity contribution in [3.63, 3.8) is 0 Å². The molecular formula is C10H18N2O. The third-order valence-corrected chi connectivity index (χ3v) is 1.78. The Bertz CT molecular complexity index is 219. The van der Waals surface area contributed by atoms with Gasteiger partial charge >= 0.3 is 0 Å². The van der Waals surface area contributed by atoms with Crippen molar-refractivity contribution in [2.24, 2.45) is 5.73 Å². The predicted octanol–water partition coefficient (Wildman–Crippen LogP) is 1.32. The third kappa shape index (κ3) is 4.35. The average molecular weight is 182 g/mol. The summed E-state index contributed by atoms with van der Waals surface area (Å²) in [6, 6.07) is 0. The first-order valence-electron chi connectivity index (χ1n) is 4.47. The van der Waals surface area contributed by atoms with Gasteiger partial charge in [-0.15, -0.1) is 6.58 Å². The van der Waals surface area contributed by atoms with Gasteiger partial charge in [0.1, 0.15) is 0 Å². The van der Waals surface area contributed by atoms with Crippen LogP contribution < -0.4 is 11.1 Å². The highest BCUT2D eigenvalue weighted by Crippen LogP contribution is 2.07. The zero-order valence-corrected chi connectivity index (χ0v) is 8.39. The minimum absolute atomic E-state index is 0.361. The van der Waals surface area contributed by atoms with Crippen LogP contribution in [0.3, 0.4) is 0 Å². The normalized spacial score (nSPS) is 11.8. The van der Waals surface area contributed by atoms with Crippen LogP contribution in [-0.2, 0) is 4.79 Å². The first-order valence-corrected chi connectivity index (χ1v) is 4.47. The molecule has 0 saturated heterocycles. The summed E-state index contributed by atoms with van der Waals surface area (Å²) in [5.74, 6) is -0.361. The van der Waals surface area contributed by atoms with Gasteiger partial charge in [-0.3, -0.25) is 4.79 Å². The molecule has 0 aliphatic heterocycles. The minimum atomic E-state index is -0.361. The number of allylic oxidation sites excluding steroid dienone is 1. The van der Waals surface area contributed by atoms with E-state index in [1.807, 2.05) is 0 Å². The standard InChI is InChI=1S/C10H18N2O/c1-4-6-9(12-7-5-2)8(3)10(11)13/h5,12H,2,4,6-7H2,1,3H3,(H2,11,13)/b9-8+. The molecular weight excluding hydrogens is 164 g/mol. The fraction of sp³-hybridized carbons (Fsp3) is 0.500. The van der Waals surface area contributed by atoms with Gasteiger partial charge in [0.05, 0.1) is 0 Å². The number of primary amides is 1. The van der Waals surface area contributed by atoms with E-state index in [2.05, 4.69) is 18.8 Å². The Morgan fingerprint density at radius 2 is 2.23 bits per heavy atom. The summed E-state index contributed by atoms with van der Waals surface area (Å²) in [4.78, 5) is 10.9. The fourth-order valence-corrected chi connectivity index (χ4v) is 1.00. The lowest BCUT2D eigenvalue weighted by atomic mass is 10.1. The maximum atomic E-state index is 10.9. The van der Waals surface area contributed by atoms with Crippen LogP contribution in [0, 0.1) is 0 Å². The summed E-state index contributed by atoms with van der Waals surface area (Å²) in [6.45, 7) is 8.06. The molecule has 1 amide bonds. The Balaban J connectivity index is 4.45. The lowest BCUT2D eigenvalue weighted by Gasteiger charge is -2.10. The maximum absolute atomic E-state index is 10.9. The Morgan fingerprint density at radius 3 is 2.62 bits per heavy atom. The van der Waals surface area contributed by atoms with Crippen LogP contribution in [0.4, 0.5) is 0 Å². The molecule has 0 aromatic heterocycles. The van der Waals surface area contributed by atoms with Crippen molar-refractivity contribution in [1.29, 1.82) is 0 Å². The predicted molar refractivity (Wildman–Crippen MR) is 55.0 cm³/mol. The molecule has 0 aromatic carbocycles. The smallest absolute Gasteiger partial charge is 0.246 e. The van der Waals surface area contributed by atoms with Crippen molar-refractivity contribution in [2.45, 2.75) is 26.7 Å². The van der Waals surface area contributed by atoms with Crippen molar-refractivity contribution in [3.8, 4) is 0 Å². The molecule has 0 rings (SSSR count). The van der Waals surface area contributed by atoms with Crippen molar-refractivity contribution < 1.29 is 4.79 Å². The maximum Gasteiger partial charge on any atom is 0.246 e. The van der Waals surface area contributed by atoms with Crippen LogP contribution in [0.5, 0.6) is 0 Å². The topological polar surface area (TPSA) is 55.1 Å². The van der Waals surface area contributed by atoms with Gasteiger partial charge in [0.15, 0.2) is 0 Å². The number of amides is 1. The molecule has 3 N–H and O–H groups in total. The largest absolute Gasteiger partial charge is 0.385 e. The van der Waals surface area contributed by atoms with E-state index in [0.717, 1.165) is 18.5 Å². The molecule has 0 atom stereocenters. The molecule has 3 nitrogen and oxygen atoms in total. The first kappa shape index (κ1) is 11.8. The minimum Gasteiger partial charge on any atom is -0.385 e. The molecule has 0 unspecified atom stereocenters. The Kier molecular flexibility index (Phi) is 5.68. The Labute approximate surface area is 79.7 Å². The summed E-state index contributed by atoms with van der Waals surface area (Å²) in [6.07, 6.45) is 3.59.